The molecule has 4 amide bonds. The van der Waals surface area contributed by atoms with Crippen LogP contribution in [-0.4, -0.2) is 47.7 Å². The predicted molar refractivity (Wildman–Crippen MR) is 95.2 cm³/mol. The van der Waals surface area contributed by atoms with E-state index in [0.29, 0.717) is 17.0 Å². The second kappa shape index (κ2) is 7.17. The molecule has 3 aliphatic heterocycles. The average molecular weight is 378 g/mol. The number of hydrogen-bond acceptors (Lipinski definition) is 5. The topological polar surface area (TPSA) is 95.6 Å². The minimum Gasteiger partial charge on any atom is -0.317 e. The lowest BCUT2D eigenvalue weighted by molar-refractivity contribution is -0.136. The van der Waals surface area contributed by atoms with E-state index in [1.807, 2.05) is 6.07 Å². The van der Waals surface area contributed by atoms with Crippen molar-refractivity contribution in [3.63, 3.8) is 0 Å². The van der Waals surface area contributed by atoms with Crippen molar-refractivity contribution in [3.8, 4) is 0 Å². The van der Waals surface area contributed by atoms with Crippen molar-refractivity contribution >= 4 is 36.0 Å². The minimum absolute atomic E-state index is 0. The number of piperidine rings is 2. The maximum atomic E-state index is 12.8. The molecule has 138 valence electrons. The van der Waals surface area contributed by atoms with E-state index in [4.69, 9.17) is 0 Å². The van der Waals surface area contributed by atoms with Gasteiger partial charge in [-0.15, -0.1) is 12.4 Å². The molecule has 2 saturated heterocycles. The van der Waals surface area contributed by atoms with E-state index in [1.165, 1.54) is 0 Å². The van der Waals surface area contributed by atoms with Gasteiger partial charge in [-0.25, -0.2) is 0 Å². The van der Waals surface area contributed by atoms with Gasteiger partial charge >= 0.3 is 0 Å². The number of amides is 4. The Morgan fingerprint density at radius 2 is 1.62 bits per heavy atom. The lowest BCUT2D eigenvalue weighted by Crippen LogP contribution is -2.54. The maximum absolute atomic E-state index is 12.8. The van der Waals surface area contributed by atoms with Crippen molar-refractivity contribution in [1.29, 1.82) is 0 Å². The fourth-order valence-corrected chi connectivity index (χ4v) is 3.90. The molecule has 1 unspecified atom stereocenters. The highest BCUT2D eigenvalue weighted by atomic mass is 35.5. The number of nitrogens with one attached hydrogen (secondary N) is 2. The summed E-state index contributed by atoms with van der Waals surface area (Å²) < 4.78 is 0. The summed E-state index contributed by atoms with van der Waals surface area (Å²) in [5.41, 5.74) is 1.77. The number of hydrogen-bond donors (Lipinski definition) is 2. The largest absolute Gasteiger partial charge is 0.317 e. The molecule has 3 aliphatic rings. The zero-order valence-corrected chi connectivity index (χ0v) is 14.9. The summed E-state index contributed by atoms with van der Waals surface area (Å²) in [5.74, 6) is -1.47. The van der Waals surface area contributed by atoms with Gasteiger partial charge in [0.2, 0.25) is 11.8 Å². The van der Waals surface area contributed by atoms with Gasteiger partial charge in [-0.1, -0.05) is 6.07 Å². The van der Waals surface area contributed by atoms with E-state index in [-0.39, 0.29) is 31.2 Å². The lowest BCUT2D eigenvalue weighted by Gasteiger charge is -2.27. The smallest absolute Gasteiger partial charge is 0.262 e. The van der Waals surface area contributed by atoms with Crippen LogP contribution >= 0.6 is 12.4 Å². The van der Waals surface area contributed by atoms with Crippen LogP contribution in [0.5, 0.6) is 0 Å². The molecule has 2 N–H and O–H groups in total. The van der Waals surface area contributed by atoms with Crippen LogP contribution in [0.4, 0.5) is 0 Å². The molecular formula is C18H20ClN3O4. The second-order valence-electron chi connectivity index (χ2n) is 6.78. The Hall–Kier alpha value is -2.25. The number of carbonyl (C=O) groups is 4. The molecule has 1 aromatic rings. The van der Waals surface area contributed by atoms with Gasteiger partial charge in [0.25, 0.3) is 11.8 Å². The third-order valence-corrected chi connectivity index (χ3v) is 5.27. The van der Waals surface area contributed by atoms with E-state index in [1.54, 1.807) is 12.1 Å². The first-order valence-electron chi connectivity index (χ1n) is 8.62. The van der Waals surface area contributed by atoms with Crippen molar-refractivity contribution in [1.82, 2.24) is 15.5 Å². The molecule has 2 fully saturated rings. The zero-order valence-electron chi connectivity index (χ0n) is 14.1. The molecule has 0 saturated carbocycles. The Balaban J connectivity index is 0.00000196. The monoisotopic (exact) mass is 377 g/mol. The van der Waals surface area contributed by atoms with Gasteiger partial charge in [-0.3, -0.25) is 29.4 Å². The molecule has 4 rings (SSSR count). The first-order valence-corrected chi connectivity index (χ1v) is 8.62. The lowest BCUT2D eigenvalue weighted by atomic mass is 9.88. The van der Waals surface area contributed by atoms with E-state index in [2.05, 4.69) is 10.6 Å². The summed E-state index contributed by atoms with van der Waals surface area (Å²) in [6.45, 7) is 1.88. The summed E-state index contributed by atoms with van der Waals surface area (Å²) in [6, 6.07) is 4.50. The van der Waals surface area contributed by atoms with Crippen molar-refractivity contribution in [3.05, 3.63) is 34.9 Å². The molecule has 1 atom stereocenters. The van der Waals surface area contributed by atoms with Crippen molar-refractivity contribution in [2.24, 2.45) is 0 Å². The minimum atomic E-state index is -0.910. The van der Waals surface area contributed by atoms with Crippen LogP contribution in [0, 0.1) is 0 Å². The van der Waals surface area contributed by atoms with Crippen molar-refractivity contribution in [2.45, 2.75) is 37.6 Å². The third-order valence-electron chi connectivity index (χ3n) is 5.27. The summed E-state index contributed by atoms with van der Waals surface area (Å²) in [7, 11) is 0. The van der Waals surface area contributed by atoms with E-state index < -0.39 is 23.8 Å². The average Bonchev–Trinajstić information content (AvgIpc) is 2.87. The highest BCUT2D eigenvalue weighted by Gasteiger charge is 2.44. The molecule has 0 aliphatic carbocycles. The highest BCUT2D eigenvalue weighted by molar-refractivity contribution is 6.23. The molecular weight excluding hydrogens is 358 g/mol. The van der Waals surface area contributed by atoms with Gasteiger partial charge in [0.1, 0.15) is 6.04 Å². The van der Waals surface area contributed by atoms with Crippen LogP contribution in [0.3, 0.4) is 0 Å². The number of rotatable bonds is 2. The van der Waals surface area contributed by atoms with Gasteiger partial charge in [0.05, 0.1) is 11.1 Å². The number of carbonyl (C=O) groups excluding carboxylic acids is 4. The van der Waals surface area contributed by atoms with Crippen molar-refractivity contribution in [2.75, 3.05) is 13.1 Å². The van der Waals surface area contributed by atoms with Gasteiger partial charge in [0, 0.05) is 6.42 Å². The number of imide groups is 2. The molecule has 1 aromatic carbocycles. The molecule has 26 heavy (non-hydrogen) atoms. The molecule has 3 heterocycles. The molecule has 0 aromatic heterocycles. The van der Waals surface area contributed by atoms with Crippen molar-refractivity contribution < 1.29 is 19.2 Å². The Morgan fingerprint density at radius 3 is 2.31 bits per heavy atom. The molecule has 8 heteroatoms. The summed E-state index contributed by atoms with van der Waals surface area (Å²) in [5, 5.41) is 5.52. The Labute approximate surface area is 156 Å². The van der Waals surface area contributed by atoms with E-state index >= 15 is 0 Å². The third kappa shape index (κ3) is 3.01. The predicted octanol–water partition coefficient (Wildman–Crippen LogP) is 0.977. The van der Waals surface area contributed by atoms with Gasteiger partial charge in [0.15, 0.2) is 0 Å². The van der Waals surface area contributed by atoms with Crippen LogP contribution in [0.2, 0.25) is 0 Å². The maximum Gasteiger partial charge on any atom is 0.262 e. The first kappa shape index (κ1) is 18.5. The van der Waals surface area contributed by atoms with Gasteiger partial charge in [-0.2, -0.15) is 0 Å². The molecule has 0 spiro atoms. The number of fused-ring (bicyclic) bond motifs is 1. The summed E-state index contributed by atoms with van der Waals surface area (Å²) in [4.78, 5) is 49.8. The highest BCUT2D eigenvalue weighted by Crippen LogP contribution is 2.32. The molecule has 0 radical (unpaired) electrons. The van der Waals surface area contributed by atoms with Crippen LogP contribution in [0.15, 0.2) is 18.2 Å². The van der Waals surface area contributed by atoms with Gasteiger partial charge in [-0.05, 0) is 56.0 Å². The Bertz CT molecular complexity index is 789. The van der Waals surface area contributed by atoms with Crippen LogP contribution in [0.25, 0.3) is 0 Å². The summed E-state index contributed by atoms with van der Waals surface area (Å²) in [6.07, 6.45) is 2.30. The second-order valence-corrected chi connectivity index (χ2v) is 6.78. The van der Waals surface area contributed by atoms with Crippen LogP contribution in [0.1, 0.15) is 57.9 Å². The van der Waals surface area contributed by atoms with Gasteiger partial charge < -0.3 is 5.32 Å². The number of benzene rings is 1. The SMILES string of the molecule is Cl.O=C1CCC(N2C(=O)c3ccc(C4CCNCC4)cc3C2=O)C(=O)N1. The quantitative estimate of drug-likeness (QED) is 0.749. The standard InChI is InChI=1S/C18H19N3O4.ClH/c22-15-4-3-14(16(23)20-15)21-17(24)12-2-1-11(9-13(12)18(21)25)10-5-7-19-8-6-10;/h1-2,9-10,14,19H,3-8H2,(H,20,22,23);1H. The van der Waals surface area contributed by atoms with E-state index in [0.717, 1.165) is 36.4 Å². The number of nitrogens with zero attached hydrogens (tertiary/aromatic N) is 1. The van der Waals surface area contributed by atoms with Crippen LogP contribution < -0.4 is 10.6 Å². The first-order chi connectivity index (χ1) is 12.1. The van der Waals surface area contributed by atoms with E-state index in [9.17, 15) is 19.2 Å². The normalized spacial score (nSPS) is 23.5. The fraction of sp³-hybridized carbons (Fsp3) is 0.444. The zero-order chi connectivity index (χ0) is 17.6. The number of halogens is 1. The molecule has 0 bridgehead atoms. The summed E-state index contributed by atoms with van der Waals surface area (Å²) >= 11 is 0. The fourth-order valence-electron chi connectivity index (χ4n) is 3.90. The Morgan fingerprint density at radius 1 is 0.923 bits per heavy atom. The van der Waals surface area contributed by atoms with Crippen LogP contribution in [-0.2, 0) is 9.59 Å². The Kier molecular flexibility index (Phi) is 5.11. The molecule has 7 nitrogen and oxygen atoms in total.